The van der Waals surface area contributed by atoms with E-state index in [0.717, 1.165) is 22.4 Å². The standard InChI is InChI=1S/C18H28N6O2/c1-12-14(11-19)10-15(13(2)16(12)21-22-20)23-6-8-24(9-7-23)17(25)26-18(3,4)5/h10H,6-9,11,19H2,1-5H3. The number of hydrogen-bond acceptors (Lipinski definition) is 5. The van der Waals surface area contributed by atoms with E-state index in [4.69, 9.17) is 16.0 Å². The van der Waals surface area contributed by atoms with Gasteiger partial charge in [-0.2, -0.15) is 0 Å². The van der Waals surface area contributed by atoms with Gasteiger partial charge < -0.3 is 20.3 Å². The van der Waals surface area contributed by atoms with E-state index in [1.54, 1.807) is 4.90 Å². The SMILES string of the molecule is Cc1c(CN)cc(N2CCN(C(=O)OC(C)(C)C)CC2)c(C)c1N=[N+]=[N-]. The Balaban J connectivity index is 2.20. The summed E-state index contributed by atoms with van der Waals surface area (Å²) in [6.07, 6.45) is -0.282. The minimum Gasteiger partial charge on any atom is -0.444 e. The summed E-state index contributed by atoms with van der Waals surface area (Å²) in [6, 6.07) is 2.06. The van der Waals surface area contributed by atoms with E-state index in [-0.39, 0.29) is 6.09 Å². The number of ether oxygens (including phenoxy) is 1. The number of carbonyl (C=O) groups is 1. The van der Waals surface area contributed by atoms with Crippen LogP contribution in [0.3, 0.4) is 0 Å². The number of anilines is 1. The molecule has 1 amide bonds. The van der Waals surface area contributed by atoms with Gasteiger partial charge in [0.1, 0.15) is 5.60 Å². The van der Waals surface area contributed by atoms with Crippen LogP contribution in [0.4, 0.5) is 16.2 Å². The zero-order valence-electron chi connectivity index (χ0n) is 16.2. The fraction of sp³-hybridized carbons (Fsp3) is 0.611. The van der Waals surface area contributed by atoms with E-state index in [9.17, 15) is 4.79 Å². The quantitative estimate of drug-likeness (QED) is 0.503. The first-order valence-electron chi connectivity index (χ1n) is 8.79. The Hall–Kier alpha value is -2.44. The number of nitrogens with two attached hydrogens (primary N) is 1. The molecule has 1 aliphatic rings. The van der Waals surface area contributed by atoms with Crippen LogP contribution in [-0.4, -0.2) is 42.8 Å². The molecule has 1 saturated heterocycles. The minimum absolute atomic E-state index is 0.282. The molecule has 0 saturated carbocycles. The van der Waals surface area contributed by atoms with Gasteiger partial charge in [0.15, 0.2) is 0 Å². The minimum atomic E-state index is -0.498. The molecule has 0 atom stereocenters. The van der Waals surface area contributed by atoms with Gasteiger partial charge >= 0.3 is 6.09 Å². The van der Waals surface area contributed by atoms with Gasteiger partial charge in [0.25, 0.3) is 0 Å². The number of piperazine rings is 1. The molecule has 0 radical (unpaired) electrons. The van der Waals surface area contributed by atoms with E-state index in [1.807, 2.05) is 34.6 Å². The molecule has 1 aromatic rings. The molecular weight excluding hydrogens is 332 g/mol. The largest absolute Gasteiger partial charge is 0.444 e. The Kier molecular flexibility index (Phi) is 6.00. The van der Waals surface area contributed by atoms with E-state index >= 15 is 0 Å². The zero-order valence-corrected chi connectivity index (χ0v) is 16.2. The van der Waals surface area contributed by atoms with Crippen LogP contribution in [0.5, 0.6) is 0 Å². The third kappa shape index (κ3) is 4.39. The molecule has 2 rings (SSSR count). The highest BCUT2D eigenvalue weighted by atomic mass is 16.6. The summed E-state index contributed by atoms with van der Waals surface area (Å²) in [4.78, 5) is 19.1. The van der Waals surface area contributed by atoms with E-state index in [0.29, 0.717) is 38.4 Å². The monoisotopic (exact) mass is 360 g/mol. The molecule has 1 aliphatic heterocycles. The predicted molar refractivity (Wildman–Crippen MR) is 103 cm³/mol. The molecule has 8 heteroatoms. The average molecular weight is 360 g/mol. The van der Waals surface area contributed by atoms with Crippen LogP contribution in [0.15, 0.2) is 11.2 Å². The van der Waals surface area contributed by atoms with Crippen molar-refractivity contribution in [2.45, 2.75) is 46.8 Å². The van der Waals surface area contributed by atoms with Crippen LogP contribution >= 0.6 is 0 Å². The second-order valence-electron chi connectivity index (χ2n) is 7.50. The van der Waals surface area contributed by atoms with Crippen molar-refractivity contribution in [3.63, 3.8) is 0 Å². The number of benzene rings is 1. The second-order valence-corrected chi connectivity index (χ2v) is 7.50. The molecule has 1 heterocycles. The number of amides is 1. The maximum Gasteiger partial charge on any atom is 0.410 e. The van der Waals surface area contributed by atoms with Gasteiger partial charge in [0, 0.05) is 49.0 Å². The van der Waals surface area contributed by atoms with Gasteiger partial charge in [0.05, 0.1) is 0 Å². The number of carbonyl (C=O) groups excluding carboxylic acids is 1. The van der Waals surface area contributed by atoms with Gasteiger partial charge in [-0.05, 0) is 62.9 Å². The fourth-order valence-corrected chi connectivity index (χ4v) is 3.13. The fourth-order valence-electron chi connectivity index (χ4n) is 3.13. The average Bonchev–Trinajstić information content (AvgIpc) is 2.57. The first-order chi connectivity index (χ1) is 12.2. The van der Waals surface area contributed by atoms with Crippen LogP contribution in [0, 0.1) is 13.8 Å². The molecule has 1 fully saturated rings. The van der Waals surface area contributed by atoms with Crippen LogP contribution in [0.2, 0.25) is 0 Å². The second kappa shape index (κ2) is 7.85. The lowest BCUT2D eigenvalue weighted by molar-refractivity contribution is 0.0240. The lowest BCUT2D eigenvalue weighted by Crippen LogP contribution is -2.50. The molecule has 0 bridgehead atoms. The van der Waals surface area contributed by atoms with Gasteiger partial charge in [-0.3, -0.25) is 0 Å². The molecular formula is C18H28N6O2. The van der Waals surface area contributed by atoms with Crippen molar-refractivity contribution in [1.29, 1.82) is 0 Å². The molecule has 8 nitrogen and oxygen atoms in total. The molecule has 142 valence electrons. The van der Waals surface area contributed by atoms with Gasteiger partial charge in [-0.1, -0.05) is 5.11 Å². The highest BCUT2D eigenvalue weighted by molar-refractivity contribution is 5.71. The zero-order chi connectivity index (χ0) is 19.5. The lowest BCUT2D eigenvalue weighted by atomic mass is 9.99. The number of rotatable bonds is 3. The maximum absolute atomic E-state index is 12.2. The van der Waals surface area contributed by atoms with Crippen molar-refractivity contribution in [2.75, 3.05) is 31.1 Å². The van der Waals surface area contributed by atoms with Crippen molar-refractivity contribution in [3.05, 3.63) is 33.2 Å². The molecule has 0 aromatic heterocycles. The Bertz CT molecular complexity index is 726. The number of nitrogens with zero attached hydrogens (tertiary/aromatic N) is 5. The third-order valence-corrected chi connectivity index (χ3v) is 4.52. The van der Waals surface area contributed by atoms with Gasteiger partial charge in [-0.25, -0.2) is 4.79 Å². The summed E-state index contributed by atoms with van der Waals surface area (Å²) in [5, 5.41) is 3.87. The van der Waals surface area contributed by atoms with Crippen LogP contribution in [0.1, 0.15) is 37.5 Å². The van der Waals surface area contributed by atoms with Crippen molar-refractivity contribution in [3.8, 4) is 0 Å². The first-order valence-corrected chi connectivity index (χ1v) is 8.79. The molecule has 0 aliphatic carbocycles. The van der Waals surface area contributed by atoms with E-state index < -0.39 is 5.60 Å². The Labute approximate surface area is 154 Å². The van der Waals surface area contributed by atoms with Crippen LogP contribution in [0.25, 0.3) is 10.4 Å². The van der Waals surface area contributed by atoms with E-state index in [2.05, 4.69) is 21.0 Å². The number of azide groups is 1. The lowest BCUT2D eigenvalue weighted by Gasteiger charge is -2.38. The van der Waals surface area contributed by atoms with E-state index in [1.165, 1.54) is 0 Å². The van der Waals surface area contributed by atoms with Crippen molar-refractivity contribution in [2.24, 2.45) is 10.8 Å². The van der Waals surface area contributed by atoms with Crippen LogP contribution in [-0.2, 0) is 11.3 Å². The summed E-state index contributed by atoms with van der Waals surface area (Å²) in [7, 11) is 0. The Morgan fingerprint density at radius 3 is 2.38 bits per heavy atom. The summed E-state index contributed by atoms with van der Waals surface area (Å²) in [6.45, 7) is 12.4. The van der Waals surface area contributed by atoms with Crippen molar-refractivity contribution >= 4 is 17.5 Å². The molecule has 26 heavy (non-hydrogen) atoms. The van der Waals surface area contributed by atoms with Crippen molar-refractivity contribution in [1.82, 2.24) is 4.90 Å². The third-order valence-electron chi connectivity index (χ3n) is 4.52. The summed E-state index contributed by atoms with van der Waals surface area (Å²) in [5.41, 5.74) is 18.7. The number of hydrogen-bond donors (Lipinski definition) is 1. The predicted octanol–water partition coefficient (Wildman–Crippen LogP) is 3.76. The normalized spacial score (nSPS) is 14.8. The highest BCUT2D eigenvalue weighted by Crippen LogP contribution is 2.35. The Morgan fingerprint density at radius 1 is 1.27 bits per heavy atom. The Morgan fingerprint density at radius 2 is 1.88 bits per heavy atom. The highest BCUT2D eigenvalue weighted by Gasteiger charge is 2.27. The van der Waals surface area contributed by atoms with Gasteiger partial charge in [-0.15, -0.1) is 0 Å². The topological polar surface area (TPSA) is 108 Å². The summed E-state index contributed by atoms with van der Waals surface area (Å²) < 4.78 is 5.44. The first kappa shape index (κ1) is 19.9. The molecule has 1 aromatic carbocycles. The summed E-state index contributed by atoms with van der Waals surface area (Å²) >= 11 is 0. The van der Waals surface area contributed by atoms with Crippen molar-refractivity contribution < 1.29 is 9.53 Å². The smallest absolute Gasteiger partial charge is 0.410 e. The maximum atomic E-state index is 12.2. The molecule has 0 unspecified atom stereocenters. The summed E-state index contributed by atoms with van der Waals surface area (Å²) in [5.74, 6) is 0. The molecule has 0 spiro atoms. The van der Waals surface area contributed by atoms with Gasteiger partial charge in [0.2, 0.25) is 0 Å². The van der Waals surface area contributed by atoms with Crippen LogP contribution < -0.4 is 10.6 Å². The molecule has 2 N–H and O–H groups in total.